The van der Waals surface area contributed by atoms with Gasteiger partial charge in [0.25, 0.3) is 0 Å². The van der Waals surface area contributed by atoms with Crippen LogP contribution in [0.15, 0.2) is 0 Å². The molecule has 2 N–H and O–H groups in total. The minimum absolute atomic E-state index is 0.0314. The number of aliphatic hydroxyl groups excluding tert-OH is 2. The Kier molecular flexibility index (Phi) is 4.04. The van der Waals surface area contributed by atoms with E-state index in [4.69, 9.17) is 4.74 Å². The molecule has 100 valence electrons. The minimum atomic E-state index is -0.524. The molecule has 0 bridgehead atoms. The molecule has 0 radical (unpaired) electrons. The van der Waals surface area contributed by atoms with Crippen molar-refractivity contribution in [2.75, 3.05) is 26.3 Å². The maximum atomic E-state index is 11.9. The van der Waals surface area contributed by atoms with E-state index in [0.29, 0.717) is 13.1 Å². The molecule has 0 spiro atoms. The standard InChI is InChI=1S/C12H23NO4/c1-11(2,3)17-10(16)13-5-9(6-14)12(4,7-13)8-15/h9,14-15H,5-8H2,1-4H3/t9-,12+/m0/s1. The third-order valence-electron chi connectivity index (χ3n) is 3.21. The quantitative estimate of drug-likeness (QED) is 0.756. The molecule has 0 aromatic heterocycles. The van der Waals surface area contributed by atoms with Crippen LogP contribution in [0.2, 0.25) is 0 Å². The molecule has 2 atom stereocenters. The van der Waals surface area contributed by atoms with Gasteiger partial charge in [-0.1, -0.05) is 6.92 Å². The summed E-state index contributed by atoms with van der Waals surface area (Å²) in [5, 5.41) is 18.6. The minimum Gasteiger partial charge on any atom is -0.444 e. The summed E-state index contributed by atoms with van der Waals surface area (Å²) in [5.41, 5.74) is -0.963. The molecule has 0 aliphatic carbocycles. The zero-order chi connectivity index (χ0) is 13.3. The van der Waals surface area contributed by atoms with Gasteiger partial charge >= 0.3 is 6.09 Å². The highest BCUT2D eigenvalue weighted by atomic mass is 16.6. The van der Waals surface area contributed by atoms with E-state index in [1.54, 1.807) is 4.90 Å². The molecule has 1 aliphatic heterocycles. The van der Waals surface area contributed by atoms with Crippen molar-refractivity contribution in [1.29, 1.82) is 0 Å². The van der Waals surface area contributed by atoms with Crippen molar-refractivity contribution in [1.82, 2.24) is 4.90 Å². The van der Waals surface area contributed by atoms with Gasteiger partial charge in [-0.2, -0.15) is 0 Å². The Balaban J connectivity index is 2.68. The third-order valence-corrected chi connectivity index (χ3v) is 3.21. The lowest BCUT2D eigenvalue weighted by Crippen LogP contribution is -2.37. The molecule has 1 rings (SSSR count). The summed E-state index contributed by atoms with van der Waals surface area (Å²) in [7, 11) is 0. The summed E-state index contributed by atoms with van der Waals surface area (Å²) in [5.74, 6) is -0.0972. The number of carbonyl (C=O) groups excluding carboxylic acids is 1. The van der Waals surface area contributed by atoms with E-state index in [9.17, 15) is 15.0 Å². The summed E-state index contributed by atoms with van der Waals surface area (Å²) in [4.78, 5) is 13.4. The maximum Gasteiger partial charge on any atom is 0.410 e. The zero-order valence-electron chi connectivity index (χ0n) is 11.1. The summed E-state index contributed by atoms with van der Waals surface area (Å²) in [6.07, 6.45) is -0.381. The van der Waals surface area contributed by atoms with Gasteiger partial charge in [0.15, 0.2) is 0 Å². The van der Waals surface area contributed by atoms with Crippen LogP contribution in [-0.2, 0) is 4.74 Å². The number of ether oxygens (including phenoxy) is 1. The van der Waals surface area contributed by atoms with Gasteiger partial charge in [0, 0.05) is 31.0 Å². The SMILES string of the molecule is CC(C)(C)OC(=O)N1C[C@@H](CO)[C@@](C)(CO)C1. The molecule has 1 aliphatic rings. The van der Waals surface area contributed by atoms with E-state index in [1.807, 2.05) is 27.7 Å². The number of nitrogens with zero attached hydrogens (tertiary/aromatic N) is 1. The summed E-state index contributed by atoms with van der Waals surface area (Å²) in [6.45, 7) is 8.10. The Bertz CT molecular complexity index is 287. The van der Waals surface area contributed by atoms with Crippen LogP contribution in [0, 0.1) is 11.3 Å². The highest BCUT2D eigenvalue weighted by Crippen LogP contribution is 2.35. The van der Waals surface area contributed by atoms with Crippen molar-refractivity contribution in [3.8, 4) is 0 Å². The van der Waals surface area contributed by atoms with Crippen LogP contribution < -0.4 is 0 Å². The second kappa shape index (κ2) is 4.82. The number of carbonyl (C=O) groups is 1. The Morgan fingerprint density at radius 1 is 1.47 bits per heavy atom. The summed E-state index contributed by atoms with van der Waals surface area (Å²) in [6, 6.07) is 0. The van der Waals surface area contributed by atoms with Gasteiger partial charge in [0.1, 0.15) is 5.60 Å². The van der Waals surface area contributed by atoms with Gasteiger partial charge in [-0.05, 0) is 20.8 Å². The van der Waals surface area contributed by atoms with Crippen LogP contribution in [0.3, 0.4) is 0 Å². The second-order valence-corrected chi connectivity index (χ2v) is 6.05. The van der Waals surface area contributed by atoms with Crippen molar-refractivity contribution in [3.63, 3.8) is 0 Å². The maximum absolute atomic E-state index is 11.9. The molecule has 5 nitrogen and oxygen atoms in total. The van der Waals surface area contributed by atoms with Crippen LogP contribution in [-0.4, -0.2) is 53.1 Å². The summed E-state index contributed by atoms with van der Waals surface area (Å²) >= 11 is 0. The molecule has 1 saturated heterocycles. The predicted octanol–water partition coefficient (Wildman–Crippen LogP) is 0.844. The van der Waals surface area contributed by atoms with Crippen LogP contribution >= 0.6 is 0 Å². The molecule has 1 amide bonds. The Labute approximate surface area is 102 Å². The first-order valence-electron chi connectivity index (χ1n) is 5.91. The molecule has 1 fully saturated rings. The monoisotopic (exact) mass is 245 g/mol. The van der Waals surface area contributed by atoms with Gasteiger partial charge in [0.05, 0.1) is 6.61 Å². The molecule has 0 unspecified atom stereocenters. The lowest BCUT2D eigenvalue weighted by atomic mass is 9.81. The second-order valence-electron chi connectivity index (χ2n) is 6.05. The molecule has 0 saturated carbocycles. The highest BCUT2D eigenvalue weighted by molar-refractivity contribution is 5.68. The molecule has 5 heteroatoms. The van der Waals surface area contributed by atoms with Crippen molar-refractivity contribution < 1.29 is 19.7 Å². The predicted molar refractivity (Wildman–Crippen MR) is 63.6 cm³/mol. The van der Waals surface area contributed by atoms with Crippen LogP contribution in [0.5, 0.6) is 0 Å². The molecular weight excluding hydrogens is 222 g/mol. The Hall–Kier alpha value is -0.810. The van der Waals surface area contributed by atoms with Crippen LogP contribution in [0.25, 0.3) is 0 Å². The summed E-state index contributed by atoms with van der Waals surface area (Å²) < 4.78 is 5.28. The zero-order valence-corrected chi connectivity index (χ0v) is 11.1. The van der Waals surface area contributed by atoms with Gasteiger partial charge in [-0.15, -0.1) is 0 Å². The molecule has 0 aromatic carbocycles. The Morgan fingerprint density at radius 3 is 2.41 bits per heavy atom. The first kappa shape index (κ1) is 14.3. The van der Waals surface area contributed by atoms with Crippen molar-refractivity contribution in [2.45, 2.75) is 33.3 Å². The fraction of sp³-hybridized carbons (Fsp3) is 0.917. The molecule has 0 aromatic rings. The van der Waals surface area contributed by atoms with Crippen molar-refractivity contribution in [3.05, 3.63) is 0 Å². The number of amides is 1. The van der Waals surface area contributed by atoms with Gasteiger partial charge in [-0.25, -0.2) is 4.79 Å². The number of rotatable bonds is 2. The van der Waals surface area contributed by atoms with Gasteiger partial charge < -0.3 is 19.8 Å². The molecular formula is C12H23NO4. The average Bonchev–Trinajstić information content (AvgIpc) is 2.54. The van der Waals surface area contributed by atoms with Crippen molar-refractivity contribution in [2.24, 2.45) is 11.3 Å². The van der Waals surface area contributed by atoms with E-state index >= 15 is 0 Å². The normalized spacial score (nSPS) is 29.5. The largest absolute Gasteiger partial charge is 0.444 e. The fourth-order valence-electron chi connectivity index (χ4n) is 2.04. The first-order valence-corrected chi connectivity index (χ1v) is 5.91. The Morgan fingerprint density at radius 2 is 2.06 bits per heavy atom. The highest BCUT2D eigenvalue weighted by Gasteiger charge is 2.44. The fourth-order valence-corrected chi connectivity index (χ4v) is 2.04. The number of aliphatic hydroxyl groups is 2. The smallest absolute Gasteiger partial charge is 0.410 e. The number of likely N-dealkylation sites (tertiary alicyclic amines) is 1. The lowest BCUT2D eigenvalue weighted by Gasteiger charge is -2.27. The third kappa shape index (κ3) is 3.33. The van der Waals surface area contributed by atoms with Crippen LogP contribution in [0.1, 0.15) is 27.7 Å². The van der Waals surface area contributed by atoms with Gasteiger partial charge in [0.2, 0.25) is 0 Å². The van der Waals surface area contributed by atoms with E-state index in [-0.39, 0.29) is 25.2 Å². The molecule has 17 heavy (non-hydrogen) atoms. The first-order chi connectivity index (χ1) is 7.72. The topological polar surface area (TPSA) is 70.0 Å². The van der Waals surface area contributed by atoms with Crippen molar-refractivity contribution >= 4 is 6.09 Å². The van der Waals surface area contributed by atoms with E-state index in [0.717, 1.165) is 0 Å². The number of hydrogen-bond acceptors (Lipinski definition) is 4. The van der Waals surface area contributed by atoms with E-state index < -0.39 is 11.0 Å². The average molecular weight is 245 g/mol. The lowest BCUT2D eigenvalue weighted by molar-refractivity contribution is 0.0261. The number of hydrogen-bond donors (Lipinski definition) is 2. The molecule has 1 heterocycles. The van der Waals surface area contributed by atoms with E-state index in [2.05, 4.69) is 0 Å². The van der Waals surface area contributed by atoms with E-state index in [1.165, 1.54) is 0 Å². The van der Waals surface area contributed by atoms with Crippen LogP contribution in [0.4, 0.5) is 4.79 Å². The van der Waals surface area contributed by atoms with Gasteiger partial charge in [-0.3, -0.25) is 0 Å².